The SMILES string of the molecule is CCN1C2CCC1CN(Cc1ccc(N3C=C(F)C(c4cc(F)c5nc6n(c5c4)[C@H](C(F)F)CC6)=NC3)nc1)C2. The number of imidazole rings is 1. The van der Waals surface area contributed by atoms with Crippen molar-refractivity contribution in [2.75, 3.05) is 31.2 Å². The Hall–Kier alpha value is -3.31. The zero-order valence-corrected chi connectivity index (χ0v) is 22.3. The molecule has 4 aliphatic rings. The summed E-state index contributed by atoms with van der Waals surface area (Å²) in [5.41, 5.74) is 1.55. The maximum absolute atomic E-state index is 15.3. The Morgan fingerprint density at radius 1 is 1.05 bits per heavy atom. The number of fused-ring (bicyclic) bond motifs is 5. The molecule has 2 fully saturated rings. The van der Waals surface area contributed by atoms with Gasteiger partial charge in [0, 0.05) is 56.1 Å². The number of hydrogen-bond acceptors (Lipinski definition) is 6. The van der Waals surface area contributed by atoms with Crippen LogP contribution in [0.15, 0.2) is 47.5 Å². The molecule has 11 heteroatoms. The Balaban J connectivity index is 1.07. The van der Waals surface area contributed by atoms with Gasteiger partial charge in [0.25, 0.3) is 6.43 Å². The van der Waals surface area contributed by atoms with Crippen molar-refractivity contribution in [3.05, 3.63) is 65.3 Å². The summed E-state index contributed by atoms with van der Waals surface area (Å²) in [6.07, 6.45) is 3.67. The molecule has 0 N–H and O–H groups in total. The zero-order valence-electron chi connectivity index (χ0n) is 22.3. The summed E-state index contributed by atoms with van der Waals surface area (Å²) >= 11 is 0. The second kappa shape index (κ2) is 9.95. The highest BCUT2D eigenvalue weighted by Gasteiger charge is 2.38. The number of aliphatic imine (C=N–C) groups is 1. The number of anilines is 1. The fourth-order valence-electron chi connectivity index (χ4n) is 7.02. The fraction of sp³-hybridized carbons (Fsp3) is 0.483. The number of likely N-dealkylation sites (tertiary alicyclic amines) is 1. The van der Waals surface area contributed by atoms with Gasteiger partial charge in [0.1, 0.15) is 29.5 Å². The number of nitrogens with zero attached hydrogens (tertiary/aromatic N) is 7. The molecule has 40 heavy (non-hydrogen) atoms. The van der Waals surface area contributed by atoms with Crippen LogP contribution in [0.25, 0.3) is 11.0 Å². The molecule has 0 amide bonds. The number of piperazine rings is 1. The maximum Gasteiger partial charge on any atom is 0.259 e. The van der Waals surface area contributed by atoms with Gasteiger partial charge in [-0.05, 0) is 49.6 Å². The Labute approximate surface area is 229 Å². The molecule has 4 aliphatic heterocycles. The second-order valence-corrected chi connectivity index (χ2v) is 11.2. The van der Waals surface area contributed by atoms with E-state index in [0.29, 0.717) is 30.1 Å². The molecule has 7 nitrogen and oxygen atoms in total. The molecule has 0 radical (unpaired) electrons. The molecule has 2 unspecified atom stereocenters. The van der Waals surface area contributed by atoms with Crippen molar-refractivity contribution in [2.24, 2.45) is 4.99 Å². The van der Waals surface area contributed by atoms with Crippen molar-refractivity contribution in [3.63, 3.8) is 0 Å². The molecule has 3 atom stereocenters. The Morgan fingerprint density at radius 2 is 1.85 bits per heavy atom. The molecule has 6 heterocycles. The third kappa shape index (κ3) is 4.30. The maximum atomic E-state index is 15.3. The van der Waals surface area contributed by atoms with Gasteiger partial charge in [0.2, 0.25) is 0 Å². The lowest BCUT2D eigenvalue weighted by molar-refractivity contribution is 0.0669. The van der Waals surface area contributed by atoms with Gasteiger partial charge in [-0.2, -0.15) is 0 Å². The second-order valence-electron chi connectivity index (χ2n) is 11.2. The van der Waals surface area contributed by atoms with Crippen molar-refractivity contribution in [1.29, 1.82) is 0 Å². The van der Waals surface area contributed by atoms with E-state index in [4.69, 9.17) is 0 Å². The van der Waals surface area contributed by atoms with E-state index in [0.717, 1.165) is 31.7 Å². The van der Waals surface area contributed by atoms with Crippen LogP contribution in [-0.2, 0) is 13.0 Å². The minimum atomic E-state index is -2.59. The van der Waals surface area contributed by atoms with E-state index in [1.165, 1.54) is 35.7 Å². The number of rotatable bonds is 6. The first-order chi connectivity index (χ1) is 19.4. The van der Waals surface area contributed by atoms with Crippen LogP contribution in [0.3, 0.4) is 0 Å². The Bertz CT molecular complexity index is 1480. The highest BCUT2D eigenvalue weighted by Crippen LogP contribution is 2.36. The van der Waals surface area contributed by atoms with Crippen LogP contribution in [0.5, 0.6) is 0 Å². The van der Waals surface area contributed by atoms with Crippen molar-refractivity contribution in [2.45, 2.75) is 63.7 Å². The number of hydrogen-bond donors (Lipinski definition) is 0. The van der Waals surface area contributed by atoms with Crippen LogP contribution in [0, 0.1) is 5.82 Å². The number of aryl methyl sites for hydroxylation is 1. The van der Waals surface area contributed by atoms with E-state index in [1.807, 2.05) is 18.3 Å². The summed E-state index contributed by atoms with van der Waals surface area (Å²) in [7, 11) is 0. The first-order valence-electron chi connectivity index (χ1n) is 14.0. The molecular weight excluding hydrogens is 522 g/mol. The van der Waals surface area contributed by atoms with Gasteiger partial charge < -0.3 is 9.47 Å². The number of alkyl halides is 2. The van der Waals surface area contributed by atoms with Crippen LogP contribution in [-0.4, -0.2) is 74.9 Å². The van der Waals surface area contributed by atoms with Crippen LogP contribution >= 0.6 is 0 Å². The van der Waals surface area contributed by atoms with Gasteiger partial charge in [-0.15, -0.1) is 0 Å². The van der Waals surface area contributed by atoms with Crippen LogP contribution in [0.4, 0.5) is 23.4 Å². The average Bonchev–Trinajstić information content (AvgIpc) is 3.59. The summed E-state index contributed by atoms with van der Waals surface area (Å²) in [4.78, 5) is 19.9. The standard InChI is InChI=1S/C29H31F4N7/c1-2-39-19-4-5-20(39)14-37(13-19)12-17-3-7-25(34-11-17)38-15-22(31)27(35-16-38)18-9-21(30)28-24(10-18)40-23(29(32)33)6-8-26(40)36-28/h3,7,9-11,15,19-20,23,29H,2,4-6,8,12-14,16H2,1H3/t19?,20?,23-/m0/s1. The number of aromatic nitrogens is 3. The minimum absolute atomic E-state index is 0.0170. The number of allylic oxidation sites excluding steroid dienone is 1. The number of benzene rings is 1. The minimum Gasteiger partial charge on any atom is -0.319 e. The van der Waals surface area contributed by atoms with Crippen molar-refractivity contribution < 1.29 is 17.6 Å². The van der Waals surface area contributed by atoms with Crippen molar-refractivity contribution >= 4 is 22.6 Å². The van der Waals surface area contributed by atoms with Gasteiger partial charge in [-0.1, -0.05) is 13.0 Å². The first kappa shape index (κ1) is 25.6. The normalized spacial score (nSPS) is 25.1. The van der Waals surface area contributed by atoms with Gasteiger partial charge in [-0.25, -0.2) is 27.5 Å². The lowest BCUT2D eigenvalue weighted by atomic mass is 10.1. The third-order valence-corrected chi connectivity index (χ3v) is 8.84. The third-order valence-electron chi connectivity index (χ3n) is 8.84. The van der Waals surface area contributed by atoms with Crippen molar-refractivity contribution in [1.82, 2.24) is 24.3 Å². The summed E-state index contributed by atoms with van der Waals surface area (Å²) in [5.74, 6) is -0.338. The van der Waals surface area contributed by atoms with Gasteiger partial charge in [0.15, 0.2) is 11.6 Å². The Kier molecular flexibility index (Phi) is 6.38. The molecule has 0 spiro atoms. The summed E-state index contributed by atoms with van der Waals surface area (Å²) in [6, 6.07) is 6.77. The molecule has 2 aromatic heterocycles. The van der Waals surface area contributed by atoms with Gasteiger partial charge in [-0.3, -0.25) is 14.8 Å². The van der Waals surface area contributed by atoms with Crippen LogP contribution in [0.1, 0.15) is 49.2 Å². The molecule has 7 rings (SSSR count). The summed E-state index contributed by atoms with van der Waals surface area (Å²) in [5, 5.41) is 0. The topological polar surface area (TPSA) is 52.8 Å². The van der Waals surface area contributed by atoms with Crippen LogP contribution in [0.2, 0.25) is 0 Å². The van der Waals surface area contributed by atoms with E-state index in [2.05, 4.69) is 31.7 Å². The molecule has 0 aliphatic carbocycles. The number of pyridine rings is 1. The summed E-state index contributed by atoms with van der Waals surface area (Å²) < 4.78 is 58.9. The van der Waals surface area contributed by atoms with E-state index < -0.39 is 24.1 Å². The van der Waals surface area contributed by atoms with E-state index in [1.54, 1.807) is 4.90 Å². The fourth-order valence-corrected chi connectivity index (χ4v) is 7.02. The predicted octanol–water partition coefficient (Wildman–Crippen LogP) is 5.07. The monoisotopic (exact) mass is 553 g/mol. The van der Waals surface area contributed by atoms with Crippen molar-refractivity contribution in [3.8, 4) is 0 Å². The van der Waals surface area contributed by atoms with E-state index in [9.17, 15) is 13.2 Å². The highest BCUT2D eigenvalue weighted by atomic mass is 19.3. The molecular formula is C29H31F4N7. The summed E-state index contributed by atoms with van der Waals surface area (Å²) in [6.45, 7) is 6.42. The largest absolute Gasteiger partial charge is 0.319 e. The molecule has 3 aromatic rings. The zero-order chi connectivity index (χ0) is 27.5. The lowest BCUT2D eigenvalue weighted by Gasteiger charge is -2.40. The van der Waals surface area contributed by atoms with Crippen LogP contribution < -0.4 is 4.90 Å². The molecule has 0 saturated carbocycles. The smallest absolute Gasteiger partial charge is 0.259 e. The molecule has 2 saturated heterocycles. The highest BCUT2D eigenvalue weighted by molar-refractivity contribution is 6.13. The first-order valence-corrected chi connectivity index (χ1v) is 14.0. The predicted molar refractivity (Wildman–Crippen MR) is 145 cm³/mol. The van der Waals surface area contributed by atoms with Gasteiger partial charge in [0.05, 0.1) is 11.6 Å². The van der Waals surface area contributed by atoms with E-state index in [-0.39, 0.29) is 35.4 Å². The Morgan fingerprint density at radius 3 is 2.52 bits per heavy atom. The quantitative estimate of drug-likeness (QED) is 0.399. The lowest BCUT2D eigenvalue weighted by Crippen LogP contribution is -2.53. The van der Waals surface area contributed by atoms with Gasteiger partial charge >= 0.3 is 0 Å². The van der Waals surface area contributed by atoms with E-state index >= 15 is 4.39 Å². The molecule has 1 aromatic carbocycles. The molecule has 2 bridgehead atoms. The molecule has 210 valence electrons. The number of halogens is 4. The number of likely N-dealkylation sites (N-methyl/N-ethyl adjacent to an activating group) is 1. The average molecular weight is 554 g/mol.